The second-order valence-corrected chi connectivity index (χ2v) is 6.38. The Labute approximate surface area is 133 Å². The number of rotatable bonds is 4. The number of carbonyl (C=O) groups is 1. The van der Waals surface area contributed by atoms with Crippen LogP contribution in [0.1, 0.15) is 55.1 Å². The van der Waals surface area contributed by atoms with E-state index in [-0.39, 0.29) is 18.5 Å². The summed E-state index contributed by atoms with van der Waals surface area (Å²) in [5.74, 6) is 2.27. The van der Waals surface area contributed by atoms with Crippen molar-refractivity contribution in [1.82, 2.24) is 24.8 Å². The van der Waals surface area contributed by atoms with Gasteiger partial charge in [-0.2, -0.15) is 10.1 Å². The largest absolute Gasteiger partial charge is 0.384 e. The van der Waals surface area contributed by atoms with Crippen LogP contribution in [0.3, 0.4) is 0 Å². The Morgan fingerprint density at radius 3 is 2.96 bits per heavy atom. The average Bonchev–Trinajstić information content (AvgIpc) is 2.95. The summed E-state index contributed by atoms with van der Waals surface area (Å²) in [4.78, 5) is 18.9. The maximum absolute atomic E-state index is 12.6. The van der Waals surface area contributed by atoms with Gasteiger partial charge in [-0.3, -0.25) is 4.79 Å². The molecule has 3 heterocycles. The summed E-state index contributed by atoms with van der Waals surface area (Å²) in [5.41, 5.74) is 6.67. The van der Waals surface area contributed by atoms with Crippen molar-refractivity contribution in [3.63, 3.8) is 0 Å². The van der Waals surface area contributed by atoms with Crippen LogP contribution in [-0.4, -0.2) is 37.3 Å². The molecule has 1 amide bonds. The highest BCUT2D eigenvalue weighted by molar-refractivity contribution is 5.77. The molecule has 2 fully saturated rings. The predicted octanol–water partition coefficient (Wildman–Crippen LogP) is 1.40. The van der Waals surface area contributed by atoms with E-state index >= 15 is 0 Å². The van der Waals surface area contributed by atoms with Gasteiger partial charge in [0.25, 0.3) is 0 Å². The summed E-state index contributed by atoms with van der Waals surface area (Å²) in [7, 11) is 0. The van der Waals surface area contributed by atoms with E-state index in [1.807, 2.05) is 6.92 Å². The SMILES string of the molecule is Cc1cc(N)n(CC(=O)N2CCC[C@H]2c2nc(C3CC3)no2)n1. The zero-order chi connectivity index (χ0) is 16.0. The molecule has 1 saturated carbocycles. The van der Waals surface area contributed by atoms with Crippen LogP contribution in [0.4, 0.5) is 5.82 Å². The number of amides is 1. The van der Waals surface area contributed by atoms with Crippen LogP contribution in [0.5, 0.6) is 0 Å². The van der Waals surface area contributed by atoms with Gasteiger partial charge in [-0.25, -0.2) is 4.68 Å². The van der Waals surface area contributed by atoms with E-state index in [4.69, 9.17) is 10.3 Å². The normalized spacial score (nSPS) is 21.1. The van der Waals surface area contributed by atoms with Crippen molar-refractivity contribution in [1.29, 1.82) is 0 Å². The first-order valence-electron chi connectivity index (χ1n) is 8.04. The van der Waals surface area contributed by atoms with Crippen molar-refractivity contribution in [3.8, 4) is 0 Å². The molecule has 2 N–H and O–H groups in total. The first-order chi connectivity index (χ1) is 11.1. The maximum Gasteiger partial charge on any atom is 0.249 e. The van der Waals surface area contributed by atoms with E-state index in [1.54, 1.807) is 11.0 Å². The number of likely N-dealkylation sites (tertiary alicyclic amines) is 1. The zero-order valence-corrected chi connectivity index (χ0v) is 13.1. The molecule has 4 rings (SSSR count). The maximum atomic E-state index is 12.6. The van der Waals surface area contributed by atoms with Gasteiger partial charge >= 0.3 is 0 Å². The number of anilines is 1. The lowest BCUT2D eigenvalue weighted by Crippen LogP contribution is -2.34. The quantitative estimate of drug-likeness (QED) is 0.914. The van der Waals surface area contributed by atoms with Gasteiger partial charge in [-0.05, 0) is 32.6 Å². The van der Waals surface area contributed by atoms with Crippen LogP contribution in [0, 0.1) is 6.92 Å². The van der Waals surface area contributed by atoms with Crippen LogP contribution < -0.4 is 5.73 Å². The molecule has 0 unspecified atom stereocenters. The third kappa shape index (κ3) is 2.69. The minimum Gasteiger partial charge on any atom is -0.384 e. The first-order valence-corrected chi connectivity index (χ1v) is 8.04. The van der Waals surface area contributed by atoms with Gasteiger partial charge in [-0.15, -0.1) is 0 Å². The Morgan fingerprint density at radius 1 is 1.43 bits per heavy atom. The molecular formula is C15H20N6O2. The van der Waals surface area contributed by atoms with E-state index in [2.05, 4.69) is 15.2 Å². The summed E-state index contributed by atoms with van der Waals surface area (Å²) in [6.45, 7) is 2.69. The summed E-state index contributed by atoms with van der Waals surface area (Å²) < 4.78 is 6.94. The molecule has 122 valence electrons. The number of nitrogen functional groups attached to an aromatic ring is 1. The summed E-state index contributed by atoms with van der Waals surface area (Å²) >= 11 is 0. The van der Waals surface area contributed by atoms with Crippen molar-refractivity contribution in [2.75, 3.05) is 12.3 Å². The second-order valence-electron chi connectivity index (χ2n) is 6.38. The summed E-state index contributed by atoms with van der Waals surface area (Å²) in [6.07, 6.45) is 4.05. The van der Waals surface area contributed by atoms with Gasteiger partial charge in [0, 0.05) is 18.5 Å². The van der Waals surface area contributed by atoms with Crippen LogP contribution in [0.15, 0.2) is 10.6 Å². The third-order valence-corrected chi connectivity index (χ3v) is 4.48. The molecule has 0 aromatic carbocycles. The van der Waals surface area contributed by atoms with Crippen molar-refractivity contribution >= 4 is 11.7 Å². The monoisotopic (exact) mass is 316 g/mol. The van der Waals surface area contributed by atoms with E-state index in [0.29, 0.717) is 24.2 Å². The molecule has 2 aliphatic rings. The summed E-state index contributed by atoms with van der Waals surface area (Å²) in [5, 5.41) is 8.30. The highest BCUT2D eigenvalue weighted by atomic mass is 16.5. The van der Waals surface area contributed by atoms with Crippen molar-refractivity contribution < 1.29 is 9.32 Å². The molecule has 1 aliphatic heterocycles. The Hall–Kier alpha value is -2.38. The molecule has 0 bridgehead atoms. The fourth-order valence-electron chi connectivity index (χ4n) is 3.12. The van der Waals surface area contributed by atoms with Crippen LogP contribution >= 0.6 is 0 Å². The molecule has 2 aromatic heterocycles. The Balaban J connectivity index is 1.49. The number of aromatic nitrogens is 4. The third-order valence-electron chi connectivity index (χ3n) is 4.48. The minimum atomic E-state index is -0.125. The number of aryl methyl sites for hydroxylation is 1. The van der Waals surface area contributed by atoms with Crippen molar-refractivity contribution in [3.05, 3.63) is 23.5 Å². The lowest BCUT2D eigenvalue weighted by Gasteiger charge is -2.22. The van der Waals surface area contributed by atoms with Gasteiger partial charge in [0.15, 0.2) is 5.82 Å². The lowest BCUT2D eigenvalue weighted by molar-refractivity contribution is -0.133. The van der Waals surface area contributed by atoms with Crippen LogP contribution in [0.25, 0.3) is 0 Å². The van der Waals surface area contributed by atoms with E-state index in [9.17, 15) is 4.79 Å². The highest BCUT2D eigenvalue weighted by Crippen LogP contribution is 2.39. The Morgan fingerprint density at radius 2 is 2.26 bits per heavy atom. The smallest absolute Gasteiger partial charge is 0.249 e. The van der Waals surface area contributed by atoms with Crippen LogP contribution in [0.2, 0.25) is 0 Å². The predicted molar refractivity (Wildman–Crippen MR) is 81.3 cm³/mol. The average molecular weight is 316 g/mol. The molecular weight excluding hydrogens is 296 g/mol. The Kier molecular flexibility index (Phi) is 3.32. The summed E-state index contributed by atoms with van der Waals surface area (Å²) in [6, 6.07) is 1.63. The molecule has 0 spiro atoms. The molecule has 1 saturated heterocycles. The highest BCUT2D eigenvalue weighted by Gasteiger charge is 2.36. The Bertz CT molecular complexity index is 732. The number of hydrogen-bond acceptors (Lipinski definition) is 6. The topological polar surface area (TPSA) is 103 Å². The molecule has 1 aliphatic carbocycles. The van der Waals surface area contributed by atoms with Crippen LogP contribution in [-0.2, 0) is 11.3 Å². The van der Waals surface area contributed by atoms with Crippen molar-refractivity contribution in [2.24, 2.45) is 0 Å². The zero-order valence-electron chi connectivity index (χ0n) is 13.1. The minimum absolute atomic E-state index is 0.0199. The number of carbonyl (C=O) groups excluding carboxylic acids is 1. The van der Waals surface area contributed by atoms with Gasteiger partial charge in [0.1, 0.15) is 18.4 Å². The van der Waals surface area contributed by atoms with Crippen molar-refractivity contribution in [2.45, 2.75) is 51.1 Å². The standard InChI is InChI=1S/C15H20N6O2/c1-9-7-12(16)21(18-9)8-13(22)20-6-2-3-11(20)15-17-14(19-23-15)10-4-5-10/h7,10-11H,2-6,8,16H2,1H3/t11-/m0/s1. The molecule has 0 radical (unpaired) electrons. The number of hydrogen-bond donors (Lipinski definition) is 1. The van der Waals surface area contributed by atoms with E-state index in [1.165, 1.54) is 4.68 Å². The molecule has 2 aromatic rings. The molecule has 23 heavy (non-hydrogen) atoms. The van der Waals surface area contributed by atoms with E-state index < -0.39 is 0 Å². The lowest BCUT2D eigenvalue weighted by atomic mass is 10.2. The first kappa shape index (κ1) is 14.2. The number of nitrogens with zero attached hydrogens (tertiary/aromatic N) is 5. The molecule has 1 atom stereocenters. The van der Waals surface area contributed by atoms with Gasteiger partial charge in [-0.1, -0.05) is 5.16 Å². The second kappa shape index (κ2) is 5.36. The molecule has 8 nitrogen and oxygen atoms in total. The van der Waals surface area contributed by atoms with Gasteiger partial charge in [0.05, 0.1) is 5.69 Å². The number of nitrogens with two attached hydrogens (primary N) is 1. The fourth-order valence-corrected chi connectivity index (χ4v) is 3.12. The van der Waals surface area contributed by atoms with Gasteiger partial charge in [0.2, 0.25) is 11.8 Å². The molecule has 8 heteroatoms. The fraction of sp³-hybridized carbons (Fsp3) is 0.600. The van der Waals surface area contributed by atoms with E-state index in [0.717, 1.165) is 37.2 Å². The van der Waals surface area contributed by atoms with Gasteiger partial charge < -0.3 is 15.2 Å².